The van der Waals surface area contributed by atoms with Gasteiger partial charge in [0.05, 0.1) is 5.38 Å². The van der Waals surface area contributed by atoms with Crippen LogP contribution in [0.2, 0.25) is 10.0 Å². The lowest BCUT2D eigenvalue weighted by atomic mass is 10.1. The van der Waals surface area contributed by atoms with Gasteiger partial charge >= 0.3 is 0 Å². The molecule has 0 bridgehead atoms. The highest BCUT2D eigenvalue weighted by atomic mass is 35.5. The van der Waals surface area contributed by atoms with E-state index < -0.39 is 0 Å². The molecule has 1 atom stereocenters. The highest BCUT2D eigenvalue weighted by molar-refractivity contribution is 6.35. The number of rotatable bonds is 3. The molecule has 2 rings (SSSR count). The van der Waals surface area contributed by atoms with Crippen molar-refractivity contribution in [2.24, 2.45) is 0 Å². The van der Waals surface area contributed by atoms with Crippen LogP contribution in [0.4, 0.5) is 0 Å². The maximum atomic E-state index is 6.37. The number of nitrogens with zero attached hydrogens (tertiary/aromatic N) is 1. The molecule has 0 N–H and O–H groups in total. The molecule has 1 aliphatic heterocycles. The third-order valence-corrected chi connectivity index (χ3v) is 3.85. The standard InChI is InChI=1S/C12H14Cl3N/c13-9-3-4-10(11(14)7-9)12(15)8-16-5-1-2-6-16/h3-4,7,12H,1-2,5-6,8H2. The monoisotopic (exact) mass is 277 g/mol. The smallest absolute Gasteiger partial charge is 0.0726 e. The minimum Gasteiger partial charge on any atom is -0.302 e. The zero-order chi connectivity index (χ0) is 11.5. The van der Waals surface area contributed by atoms with Crippen LogP contribution in [-0.2, 0) is 0 Å². The summed E-state index contributed by atoms with van der Waals surface area (Å²) in [7, 11) is 0. The van der Waals surface area contributed by atoms with Crippen molar-refractivity contribution in [3.05, 3.63) is 33.8 Å². The van der Waals surface area contributed by atoms with E-state index in [1.54, 1.807) is 6.07 Å². The molecule has 1 nitrogen and oxygen atoms in total. The van der Waals surface area contributed by atoms with Crippen LogP contribution in [0.5, 0.6) is 0 Å². The molecule has 1 fully saturated rings. The lowest BCUT2D eigenvalue weighted by Gasteiger charge is -2.19. The van der Waals surface area contributed by atoms with E-state index in [0.29, 0.717) is 10.0 Å². The molecule has 0 aromatic heterocycles. The van der Waals surface area contributed by atoms with E-state index in [1.807, 2.05) is 12.1 Å². The van der Waals surface area contributed by atoms with Crippen molar-refractivity contribution in [3.8, 4) is 0 Å². The second-order valence-corrected chi connectivity index (χ2v) is 5.51. The summed E-state index contributed by atoms with van der Waals surface area (Å²) in [5.74, 6) is 0. The molecular weight excluding hydrogens is 264 g/mol. The van der Waals surface area contributed by atoms with Gasteiger partial charge < -0.3 is 4.90 Å². The highest BCUT2D eigenvalue weighted by Crippen LogP contribution is 2.31. The van der Waals surface area contributed by atoms with Gasteiger partial charge in [0.1, 0.15) is 0 Å². The lowest BCUT2D eigenvalue weighted by Crippen LogP contribution is -2.23. The molecule has 1 heterocycles. The molecule has 1 aliphatic rings. The summed E-state index contributed by atoms with van der Waals surface area (Å²) in [4.78, 5) is 2.38. The summed E-state index contributed by atoms with van der Waals surface area (Å²) in [6.07, 6.45) is 2.55. The summed E-state index contributed by atoms with van der Waals surface area (Å²) in [6.45, 7) is 3.16. The Hall–Kier alpha value is 0.0500. The van der Waals surface area contributed by atoms with E-state index in [4.69, 9.17) is 34.8 Å². The van der Waals surface area contributed by atoms with Crippen LogP contribution in [0.3, 0.4) is 0 Å². The second-order valence-electron chi connectivity index (χ2n) is 4.14. The Kier molecular flexibility index (Phi) is 4.37. The molecule has 1 saturated heterocycles. The Bertz CT molecular complexity index is 361. The molecule has 1 aromatic carbocycles. The van der Waals surface area contributed by atoms with Gasteiger partial charge in [0.25, 0.3) is 0 Å². The fourth-order valence-electron chi connectivity index (χ4n) is 2.05. The van der Waals surface area contributed by atoms with Gasteiger partial charge in [-0.2, -0.15) is 0 Å². The van der Waals surface area contributed by atoms with E-state index in [2.05, 4.69) is 4.90 Å². The average molecular weight is 279 g/mol. The van der Waals surface area contributed by atoms with Gasteiger partial charge in [-0.3, -0.25) is 0 Å². The Morgan fingerprint density at radius 1 is 1.19 bits per heavy atom. The summed E-state index contributed by atoms with van der Waals surface area (Å²) < 4.78 is 0. The predicted molar refractivity (Wildman–Crippen MR) is 70.7 cm³/mol. The second kappa shape index (κ2) is 5.59. The maximum absolute atomic E-state index is 6.37. The summed E-state index contributed by atoms with van der Waals surface area (Å²) in [5, 5.41) is 1.26. The molecule has 16 heavy (non-hydrogen) atoms. The van der Waals surface area contributed by atoms with Crippen molar-refractivity contribution in [2.75, 3.05) is 19.6 Å². The Labute approximate surface area is 111 Å². The Morgan fingerprint density at radius 2 is 1.88 bits per heavy atom. The normalized spacial score (nSPS) is 18.9. The van der Waals surface area contributed by atoms with E-state index in [0.717, 1.165) is 25.2 Å². The molecular formula is C12H14Cl3N. The van der Waals surface area contributed by atoms with Crippen LogP contribution < -0.4 is 0 Å². The van der Waals surface area contributed by atoms with Crippen LogP contribution in [-0.4, -0.2) is 24.5 Å². The van der Waals surface area contributed by atoms with Crippen molar-refractivity contribution in [1.82, 2.24) is 4.90 Å². The molecule has 0 aliphatic carbocycles. The zero-order valence-corrected chi connectivity index (χ0v) is 11.2. The number of halogens is 3. The molecule has 1 aromatic rings. The minimum atomic E-state index is -0.0529. The van der Waals surface area contributed by atoms with Gasteiger partial charge in [-0.15, -0.1) is 11.6 Å². The van der Waals surface area contributed by atoms with Gasteiger partial charge in [-0.25, -0.2) is 0 Å². The number of hydrogen-bond donors (Lipinski definition) is 0. The fraction of sp³-hybridized carbons (Fsp3) is 0.500. The van der Waals surface area contributed by atoms with E-state index in [9.17, 15) is 0 Å². The maximum Gasteiger partial charge on any atom is 0.0726 e. The van der Waals surface area contributed by atoms with Gasteiger partial charge in [0.15, 0.2) is 0 Å². The molecule has 0 spiro atoms. The first-order valence-corrected chi connectivity index (χ1v) is 6.67. The first-order chi connectivity index (χ1) is 7.66. The largest absolute Gasteiger partial charge is 0.302 e. The molecule has 88 valence electrons. The predicted octanol–water partition coefficient (Wildman–Crippen LogP) is 4.37. The Morgan fingerprint density at radius 3 is 2.50 bits per heavy atom. The van der Waals surface area contributed by atoms with Gasteiger partial charge in [-0.1, -0.05) is 29.3 Å². The van der Waals surface area contributed by atoms with E-state index in [1.165, 1.54) is 12.8 Å². The summed E-state index contributed by atoms with van der Waals surface area (Å²) in [5.41, 5.74) is 0.972. The van der Waals surface area contributed by atoms with Gasteiger partial charge in [0.2, 0.25) is 0 Å². The highest BCUT2D eigenvalue weighted by Gasteiger charge is 2.18. The average Bonchev–Trinajstić information content (AvgIpc) is 2.70. The summed E-state index contributed by atoms with van der Waals surface area (Å²) >= 11 is 18.4. The molecule has 0 amide bonds. The molecule has 4 heteroatoms. The number of hydrogen-bond acceptors (Lipinski definition) is 1. The van der Waals surface area contributed by atoms with Crippen LogP contribution in [0, 0.1) is 0 Å². The molecule has 0 radical (unpaired) electrons. The van der Waals surface area contributed by atoms with E-state index in [-0.39, 0.29) is 5.38 Å². The van der Waals surface area contributed by atoms with Crippen LogP contribution in [0.25, 0.3) is 0 Å². The number of benzene rings is 1. The van der Waals surface area contributed by atoms with E-state index >= 15 is 0 Å². The minimum absolute atomic E-state index is 0.0529. The van der Waals surface area contributed by atoms with Crippen molar-refractivity contribution in [3.63, 3.8) is 0 Å². The molecule has 0 saturated carbocycles. The SMILES string of the molecule is Clc1ccc(C(Cl)CN2CCCC2)c(Cl)c1. The first kappa shape index (κ1) is 12.5. The van der Waals surface area contributed by atoms with Crippen LogP contribution in [0.15, 0.2) is 18.2 Å². The van der Waals surface area contributed by atoms with Crippen molar-refractivity contribution < 1.29 is 0 Å². The third-order valence-electron chi connectivity index (χ3n) is 2.92. The first-order valence-electron chi connectivity index (χ1n) is 5.48. The third kappa shape index (κ3) is 3.04. The van der Waals surface area contributed by atoms with Crippen molar-refractivity contribution >= 4 is 34.8 Å². The summed E-state index contributed by atoms with van der Waals surface area (Å²) in [6, 6.07) is 5.50. The van der Waals surface area contributed by atoms with Gasteiger partial charge in [-0.05, 0) is 43.6 Å². The quantitative estimate of drug-likeness (QED) is 0.742. The van der Waals surface area contributed by atoms with Crippen molar-refractivity contribution in [2.45, 2.75) is 18.2 Å². The van der Waals surface area contributed by atoms with Crippen molar-refractivity contribution in [1.29, 1.82) is 0 Å². The van der Waals surface area contributed by atoms with Crippen LogP contribution in [0.1, 0.15) is 23.8 Å². The number of likely N-dealkylation sites (tertiary alicyclic amines) is 1. The Balaban J connectivity index is 2.04. The number of alkyl halides is 1. The van der Waals surface area contributed by atoms with Crippen LogP contribution >= 0.6 is 34.8 Å². The zero-order valence-electron chi connectivity index (χ0n) is 8.93. The molecule has 1 unspecified atom stereocenters. The fourth-order valence-corrected chi connectivity index (χ4v) is 3.03. The topological polar surface area (TPSA) is 3.24 Å². The van der Waals surface area contributed by atoms with Gasteiger partial charge in [0, 0.05) is 16.6 Å². The lowest BCUT2D eigenvalue weighted by molar-refractivity contribution is 0.339.